The minimum atomic E-state index is -0.488. The van der Waals surface area contributed by atoms with E-state index in [2.05, 4.69) is 34.8 Å². The number of ether oxygens (including phenoxy) is 3. The Bertz CT molecular complexity index is 1430. The van der Waals surface area contributed by atoms with Crippen molar-refractivity contribution >= 4 is 11.9 Å². The highest BCUT2D eigenvalue weighted by Crippen LogP contribution is 2.40. The zero-order chi connectivity index (χ0) is 28.1. The number of anilines is 1. The molecule has 4 aliphatic heterocycles. The quantitative estimate of drug-likeness (QED) is 0.420. The maximum atomic E-state index is 12.8. The van der Waals surface area contributed by atoms with Gasteiger partial charge in [0.05, 0.1) is 12.4 Å². The highest BCUT2D eigenvalue weighted by Gasteiger charge is 2.45. The molecule has 2 aromatic heterocycles. The highest BCUT2D eigenvalue weighted by atomic mass is 16.6. The van der Waals surface area contributed by atoms with E-state index in [1.165, 1.54) is 6.42 Å². The summed E-state index contributed by atoms with van der Waals surface area (Å²) in [5.74, 6) is 1.25. The number of piperidine rings is 1. The van der Waals surface area contributed by atoms with Gasteiger partial charge in [-0.25, -0.2) is 14.5 Å². The molecule has 10 nitrogen and oxygen atoms in total. The van der Waals surface area contributed by atoms with Crippen LogP contribution in [-0.4, -0.2) is 61.1 Å². The summed E-state index contributed by atoms with van der Waals surface area (Å²) in [7, 11) is 0. The third-order valence-electron chi connectivity index (χ3n) is 8.54. The lowest BCUT2D eigenvalue weighted by Gasteiger charge is -2.39. The molecule has 0 saturated carbocycles. The monoisotopic (exact) mass is 558 g/mol. The number of hydrogen-bond donors (Lipinski definition) is 1. The number of rotatable bonds is 4. The summed E-state index contributed by atoms with van der Waals surface area (Å²) < 4.78 is 19.6. The first kappa shape index (κ1) is 26.3. The van der Waals surface area contributed by atoms with Crippen LogP contribution in [0, 0.1) is 0 Å². The van der Waals surface area contributed by atoms with Crippen LogP contribution >= 0.6 is 0 Å². The number of amides is 1. The lowest BCUT2D eigenvalue weighted by atomic mass is 9.97. The van der Waals surface area contributed by atoms with E-state index < -0.39 is 5.60 Å². The van der Waals surface area contributed by atoms with E-state index in [-0.39, 0.29) is 30.4 Å². The van der Waals surface area contributed by atoms with Crippen molar-refractivity contribution in [2.24, 2.45) is 0 Å². The van der Waals surface area contributed by atoms with Gasteiger partial charge in [0.1, 0.15) is 29.9 Å². The minimum absolute atomic E-state index is 0.0242. The Morgan fingerprint density at radius 1 is 1.07 bits per heavy atom. The lowest BCUT2D eigenvalue weighted by Crippen LogP contribution is -2.51. The van der Waals surface area contributed by atoms with Crippen molar-refractivity contribution in [3.8, 4) is 28.3 Å². The first-order valence-corrected chi connectivity index (χ1v) is 14.9. The maximum absolute atomic E-state index is 12.8. The van der Waals surface area contributed by atoms with Crippen LogP contribution < -0.4 is 10.1 Å². The van der Waals surface area contributed by atoms with Gasteiger partial charge in [0.25, 0.3) is 0 Å². The van der Waals surface area contributed by atoms with Gasteiger partial charge in [0.2, 0.25) is 5.88 Å². The van der Waals surface area contributed by atoms with Gasteiger partial charge in [0, 0.05) is 42.1 Å². The molecule has 216 valence electrons. The standard InChI is InChI=1S/C31H38N6O4/c1-31(2,3)41-30(38)37-23-8-9-24(37)14-22(13-23)34-26-16-32-28-25-10-7-19(12-20(25)18-40-29(28)35-26)21-15-33-36(17-21)27-6-4-5-11-39-27/h7,10,12,15-17,22-24,27H,4-6,8-9,11,13-14,18H2,1-3H3,(H,34,35)/t22?,23-,24?,27?/m1/s1. The smallest absolute Gasteiger partial charge is 0.410 e. The van der Waals surface area contributed by atoms with Crippen LogP contribution in [0.4, 0.5) is 10.6 Å². The molecule has 3 aromatic rings. The van der Waals surface area contributed by atoms with E-state index in [1.54, 1.807) is 6.20 Å². The Hall–Kier alpha value is -3.66. The van der Waals surface area contributed by atoms with E-state index in [0.717, 1.165) is 73.1 Å². The Kier molecular flexibility index (Phi) is 6.60. The van der Waals surface area contributed by atoms with Gasteiger partial charge in [-0.2, -0.15) is 10.1 Å². The molecule has 41 heavy (non-hydrogen) atoms. The Balaban J connectivity index is 1.03. The number of nitrogens with zero attached hydrogens (tertiary/aromatic N) is 5. The second-order valence-electron chi connectivity index (χ2n) is 12.7. The first-order valence-electron chi connectivity index (χ1n) is 14.9. The molecule has 4 atom stereocenters. The number of carbonyl (C=O) groups excluding carboxylic acids is 1. The summed E-state index contributed by atoms with van der Waals surface area (Å²) in [6.07, 6.45) is 12.6. The third kappa shape index (κ3) is 5.25. The van der Waals surface area contributed by atoms with E-state index in [4.69, 9.17) is 24.2 Å². The van der Waals surface area contributed by atoms with Crippen molar-refractivity contribution in [2.75, 3.05) is 11.9 Å². The molecule has 1 N–H and O–H groups in total. The molecule has 0 spiro atoms. The van der Waals surface area contributed by atoms with Gasteiger partial charge >= 0.3 is 6.09 Å². The Labute approximate surface area is 240 Å². The van der Waals surface area contributed by atoms with Crippen molar-refractivity contribution in [2.45, 2.75) is 102 Å². The second kappa shape index (κ2) is 10.3. The number of benzene rings is 1. The highest BCUT2D eigenvalue weighted by molar-refractivity contribution is 5.75. The zero-order valence-electron chi connectivity index (χ0n) is 24.0. The fourth-order valence-corrected chi connectivity index (χ4v) is 6.69. The third-order valence-corrected chi connectivity index (χ3v) is 8.54. The van der Waals surface area contributed by atoms with Crippen LogP contribution in [0.15, 0.2) is 36.8 Å². The number of carbonyl (C=O) groups is 1. The van der Waals surface area contributed by atoms with Gasteiger partial charge < -0.3 is 24.4 Å². The average Bonchev–Trinajstić information content (AvgIpc) is 3.55. The topological polar surface area (TPSA) is 104 Å². The molecular formula is C31H38N6O4. The van der Waals surface area contributed by atoms with E-state index >= 15 is 0 Å². The van der Waals surface area contributed by atoms with Crippen molar-refractivity contribution in [1.29, 1.82) is 0 Å². The average molecular weight is 559 g/mol. The number of fused-ring (bicyclic) bond motifs is 5. The molecule has 0 radical (unpaired) electrons. The summed E-state index contributed by atoms with van der Waals surface area (Å²) in [6, 6.07) is 6.96. The number of hydrogen-bond acceptors (Lipinski definition) is 8. The molecular weight excluding hydrogens is 520 g/mol. The van der Waals surface area contributed by atoms with E-state index in [9.17, 15) is 4.79 Å². The van der Waals surface area contributed by atoms with Crippen LogP contribution in [0.1, 0.15) is 77.5 Å². The summed E-state index contributed by atoms with van der Waals surface area (Å²) in [4.78, 5) is 24.3. The molecule has 7 rings (SSSR count). The Morgan fingerprint density at radius 3 is 2.66 bits per heavy atom. The fourth-order valence-electron chi connectivity index (χ4n) is 6.69. The normalized spacial score (nSPS) is 25.2. The molecule has 3 fully saturated rings. The summed E-state index contributed by atoms with van der Waals surface area (Å²) >= 11 is 0. The van der Waals surface area contributed by atoms with Crippen LogP contribution in [0.5, 0.6) is 5.88 Å². The minimum Gasteiger partial charge on any atom is -0.471 e. The van der Waals surface area contributed by atoms with Gasteiger partial charge in [-0.3, -0.25) is 0 Å². The lowest BCUT2D eigenvalue weighted by molar-refractivity contribution is -0.0394. The fraction of sp³-hybridized carbons (Fsp3) is 0.548. The Morgan fingerprint density at radius 2 is 1.90 bits per heavy atom. The molecule has 3 unspecified atom stereocenters. The predicted molar refractivity (Wildman–Crippen MR) is 153 cm³/mol. The molecule has 4 aliphatic rings. The second-order valence-corrected chi connectivity index (χ2v) is 12.7. The van der Waals surface area contributed by atoms with E-state index in [0.29, 0.717) is 18.3 Å². The van der Waals surface area contributed by atoms with E-state index in [1.807, 2.05) is 36.5 Å². The number of nitrogens with one attached hydrogen (secondary N) is 1. The number of aromatic nitrogens is 4. The van der Waals surface area contributed by atoms with Crippen molar-refractivity contribution in [1.82, 2.24) is 24.6 Å². The molecule has 1 amide bonds. The predicted octanol–water partition coefficient (Wildman–Crippen LogP) is 5.94. The summed E-state index contributed by atoms with van der Waals surface area (Å²) in [5.41, 5.74) is 4.55. The zero-order valence-corrected chi connectivity index (χ0v) is 24.0. The SMILES string of the molecule is CC(C)(C)OC(=O)N1C2CC[C@@H]1CC(Nc1cnc3c(n1)OCc1cc(-c4cnn(C5CCCCO5)c4)ccc1-3)C2. The summed E-state index contributed by atoms with van der Waals surface area (Å²) in [5, 5.41) is 8.14. The van der Waals surface area contributed by atoms with Crippen molar-refractivity contribution in [3.63, 3.8) is 0 Å². The van der Waals surface area contributed by atoms with Gasteiger partial charge in [-0.1, -0.05) is 12.1 Å². The van der Waals surface area contributed by atoms with Crippen LogP contribution in [0.2, 0.25) is 0 Å². The van der Waals surface area contributed by atoms with Crippen molar-refractivity contribution in [3.05, 3.63) is 42.4 Å². The molecule has 3 saturated heterocycles. The molecule has 1 aromatic carbocycles. The molecule has 10 heteroatoms. The maximum Gasteiger partial charge on any atom is 0.410 e. The van der Waals surface area contributed by atoms with Gasteiger partial charge in [-0.05, 0) is 82.9 Å². The summed E-state index contributed by atoms with van der Waals surface area (Å²) in [6.45, 7) is 6.98. The molecule has 2 bridgehead atoms. The largest absolute Gasteiger partial charge is 0.471 e. The van der Waals surface area contributed by atoms with Crippen molar-refractivity contribution < 1.29 is 19.0 Å². The van der Waals surface area contributed by atoms with Gasteiger partial charge in [-0.15, -0.1) is 0 Å². The molecule has 0 aliphatic carbocycles. The first-order chi connectivity index (χ1) is 19.8. The van der Waals surface area contributed by atoms with Gasteiger partial charge in [0.15, 0.2) is 0 Å². The van der Waals surface area contributed by atoms with Crippen LogP contribution in [-0.2, 0) is 16.1 Å². The van der Waals surface area contributed by atoms with Crippen LogP contribution in [0.3, 0.4) is 0 Å². The van der Waals surface area contributed by atoms with Crippen LogP contribution in [0.25, 0.3) is 22.4 Å². The molecule has 6 heterocycles.